The second kappa shape index (κ2) is 6.25. The van der Waals surface area contributed by atoms with Gasteiger partial charge in [0.25, 0.3) is 0 Å². The molecule has 2 aromatic rings. The number of nitrogens with two attached hydrogens (primary N) is 1. The minimum absolute atomic E-state index is 0.271. The lowest BCUT2D eigenvalue weighted by Crippen LogP contribution is -2.09. The summed E-state index contributed by atoms with van der Waals surface area (Å²) >= 11 is 5.93. The van der Waals surface area contributed by atoms with Crippen molar-refractivity contribution in [3.63, 3.8) is 0 Å². The lowest BCUT2D eigenvalue weighted by atomic mass is 10.1. The largest absolute Gasteiger partial charge is 0.489 e. The first-order chi connectivity index (χ1) is 9.47. The molecule has 0 aliphatic heterocycles. The van der Waals surface area contributed by atoms with Crippen molar-refractivity contribution in [2.75, 3.05) is 0 Å². The van der Waals surface area contributed by atoms with E-state index >= 15 is 0 Å². The molecule has 0 saturated carbocycles. The number of aryl methyl sites for hydroxylation is 1. The van der Waals surface area contributed by atoms with Crippen LogP contribution in [0.3, 0.4) is 0 Å². The maximum absolute atomic E-state index is 13.6. The van der Waals surface area contributed by atoms with E-state index in [2.05, 4.69) is 0 Å². The summed E-state index contributed by atoms with van der Waals surface area (Å²) in [6.07, 6.45) is 0. The van der Waals surface area contributed by atoms with Crippen LogP contribution in [-0.2, 0) is 6.61 Å². The van der Waals surface area contributed by atoms with E-state index in [4.69, 9.17) is 22.1 Å². The summed E-state index contributed by atoms with van der Waals surface area (Å²) < 4.78 is 19.4. The molecule has 0 aromatic heterocycles. The lowest BCUT2D eigenvalue weighted by Gasteiger charge is -2.15. The van der Waals surface area contributed by atoms with Gasteiger partial charge in [0, 0.05) is 16.6 Å². The molecule has 0 fully saturated rings. The van der Waals surface area contributed by atoms with Crippen LogP contribution in [0.4, 0.5) is 4.39 Å². The summed E-state index contributed by atoms with van der Waals surface area (Å²) in [6, 6.07) is 10.3. The molecule has 0 aliphatic rings. The average molecular weight is 294 g/mol. The van der Waals surface area contributed by atoms with Crippen molar-refractivity contribution < 1.29 is 9.13 Å². The van der Waals surface area contributed by atoms with Gasteiger partial charge in [0.15, 0.2) is 0 Å². The van der Waals surface area contributed by atoms with Gasteiger partial charge in [-0.2, -0.15) is 0 Å². The monoisotopic (exact) mass is 293 g/mol. The molecule has 2 rings (SSSR count). The summed E-state index contributed by atoms with van der Waals surface area (Å²) in [5, 5.41) is 0.661. The van der Waals surface area contributed by atoms with Gasteiger partial charge >= 0.3 is 0 Å². The van der Waals surface area contributed by atoms with Gasteiger partial charge in [-0.3, -0.25) is 0 Å². The van der Waals surface area contributed by atoms with Crippen molar-refractivity contribution in [1.82, 2.24) is 0 Å². The predicted molar refractivity (Wildman–Crippen MR) is 79.5 cm³/mol. The zero-order valence-corrected chi connectivity index (χ0v) is 12.2. The first-order valence-corrected chi connectivity index (χ1v) is 6.78. The standard InChI is InChI=1S/C16H17ClFNO/c1-10-6-16(14(11(2)19)8-15(10)18)20-9-12-4-3-5-13(17)7-12/h3-8,11H,9,19H2,1-2H3. The molecule has 2 nitrogen and oxygen atoms in total. The van der Waals surface area contributed by atoms with Crippen molar-refractivity contribution in [3.05, 3.63) is 63.9 Å². The Labute approximate surface area is 123 Å². The number of hydrogen-bond donors (Lipinski definition) is 1. The summed E-state index contributed by atoms with van der Waals surface area (Å²) in [5.74, 6) is 0.339. The van der Waals surface area contributed by atoms with Crippen LogP contribution >= 0.6 is 11.6 Å². The van der Waals surface area contributed by atoms with Gasteiger partial charge in [0.2, 0.25) is 0 Å². The van der Waals surface area contributed by atoms with Gasteiger partial charge in [-0.25, -0.2) is 4.39 Å². The predicted octanol–water partition coefficient (Wildman–Crippen LogP) is 4.39. The minimum atomic E-state index is -0.292. The van der Waals surface area contributed by atoms with E-state index in [0.29, 0.717) is 28.5 Å². The second-order valence-electron chi connectivity index (χ2n) is 4.85. The number of halogens is 2. The highest BCUT2D eigenvalue weighted by Gasteiger charge is 2.12. The Morgan fingerprint density at radius 2 is 2.05 bits per heavy atom. The van der Waals surface area contributed by atoms with E-state index in [9.17, 15) is 4.39 Å². The fourth-order valence-electron chi connectivity index (χ4n) is 1.94. The van der Waals surface area contributed by atoms with E-state index in [1.165, 1.54) is 6.07 Å². The van der Waals surface area contributed by atoms with Gasteiger partial charge in [0.1, 0.15) is 18.2 Å². The molecule has 0 heterocycles. The van der Waals surface area contributed by atoms with Gasteiger partial charge < -0.3 is 10.5 Å². The molecule has 0 amide bonds. The summed E-state index contributed by atoms with van der Waals surface area (Å²) in [6.45, 7) is 3.87. The Morgan fingerprint density at radius 1 is 1.30 bits per heavy atom. The fraction of sp³-hybridized carbons (Fsp3) is 0.250. The van der Waals surface area contributed by atoms with Crippen molar-refractivity contribution in [2.24, 2.45) is 5.73 Å². The number of hydrogen-bond acceptors (Lipinski definition) is 2. The second-order valence-corrected chi connectivity index (χ2v) is 5.28. The molecule has 0 spiro atoms. The molecule has 1 unspecified atom stereocenters. The highest BCUT2D eigenvalue weighted by molar-refractivity contribution is 6.30. The lowest BCUT2D eigenvalue weighted by molar-refractivity contribution is 0.300. The topological polar surface area (TPSA) is 35.2 Å². The molecule has 106 valence electrons. The summed E-state index contributed by atoms with van der Waals surface area (Å²) in [7, 11) is 0. The third-order valence-corrected chi connectivity index (χ3v) is 3.30. The van der Waals surface area contributed by atoms with E-state index in [1.807, 2.05) is 18.2 Å². The highest BCUT2D eigenvalue weighted by Crippen LogP contribution is 2.28. The Morgan fingerprint density at radius 3 is 2.70 bits per heavy atom. The zero-order chi connectivity index (χ0) is 14.7. The molecule has 1 atom stereocenters. The zero-order valence-electron chi connectivity index (χ0n) is 11.5. The smallest absolute Gasteiger partial charge is 0.126 e. The number of benzene rings is 2. The molecule has 0 radical (unpaired) electrons. The van der Waals surface area contributed by atoms with Gasteiger partial charge in [0.05, 0.1) is 0 Å². The van der Waals surface area contributed by atoms with Crippen molar-refractivity contribution >= 4 is 11.6 Å². The Bertz CT molecular complexity index is 613. The van der Waals surface area contributed by atoms with Crippen LogP contribution in [0, 0.1) is 12.7 Å². The van der Waals surface area contributed by atoms with Gasteiger partial charge in [-0.05, 0) is 49.2 Å². The fourth-order valence-corrected chi connectivity index (χ4v) is 2.15. The van der Waals surface area contributed by atoms with Crippen LogP contribution in [0.15, 0.2) is 36.4 Å². The van der Waals surface area contributed by atoms with Crippen LogP contribution in [0.25, 0.3) is 0 Å². The van der Waals surface area contributed by atoms with E-state index < -0.39 is 0 Å². The summed E-state index contributed by atoms with van der Waals surface area (Å²) in [4.78, 5) is 0. The molecule has 2 aromatic carbocycles. The van der Waals surface area contributed by atoms with Crippen molar-refractivity contribution in [3.8, 4) is 5.75 Å². The van der Waals surface area contributed by atoms with E-state index in [0.717, 1.165) is 5.56 Å². The van der Waals surface area contributed by atoms with Crippen LogP contribution in [-0.4, -0.2) is 0 Å². The normalized spacial score (nSPS) is 12.2. The maximum atomic E-state index is 13.6. The Kier molecular flexibility index (Phi) is 4.63. The molecular formula is C16H17ClFNO. The van der Waals surface area contributed by atoms with Crippen LogP contribution < -0.4 is 10.5 Å². The van der Waals surface area contributed by atoms with Crippen LogP contribution in [0.2, 0.25) is 5.02 Å². The van der Waals surface area contributed by atoms with Crippen LogP contribution in [0.5, 0.6) is 5.75 Å². The molecule has 20 heavy (non-hydrogen) atoms. The molecule has 2 N–H and O–H groups in total. The SMILES string of the molecule is Cc1cc(OCc2cccc(Cl)c2)c(C(C)N)cc1F. The quantitative estimate of drug-likeness (QED) is 0.907. The number of ether oxygens (including phenoxy) is 1. The minimum Gasteiger partial charge on any atom is -0.489 e. The van der Waals surface area contributed by atoms with Gasteiger partial charge in [-0.1, -0.05) is 23.7 Å². The average Bonchev–Trinajstić information content (AvgIpc) is 2.39. The first-order valence-electron chi connectivity index (χ1n) is 6.40. The van der Waals surface area contributed by atoms with E-state index in [1.54, 1.807) is 26.0 Å². The van der Waals surface area contributed by atoms with Gasteiger partial charge in [-0.15, -0.1) is 0 Å². The maximum Gasteiger partial charge on any atom is 0.126 e. The third-order valence-electron chi connectivity index (χ3n) is 3.06. The molecule has 0 bridgehead atoms. The first kappa shape index (κ1) is 14.8. The van der Waals surface area contributed by atoms with Crippen molar-refractivity contribution in [2.45, 2.75) is 26.5 Å². The highest BCUT2D eigenvalue weighted by atomic mass is 35.5. The Hall–Kier alpha value is -1.58. The Balaban J connectivity index is 2.22. The van der Waals surface area contributed by atoms with Crippen molar-refractivity contribution in [1.29, 1.82) is 0 Å². The van der Waals surface area contributed by atoms with E-state index in [-0.39, 0.29) is 11.9 Å². The molecule has 4 heteroatoms. The molecule has 0 aliphatic carbocycles. The molecule has 0 saturated heterocycles. The summed E-state index contributed by atoms with van der Waals surface area (Å²) in [5.41, 5.74) is 8.01. The molecular weight excluding hydrogens is 277 g/mol. The number of rotatable bonds is 4. The van der Waals surface area contributed by atoms with Crippen LogP contribution in [0.1, 0.15) is 29.7 Å². The third kappa shape index (κ3) is 3.50.